The Morgan fingerprint density at radius 3 is 2.31 bits per heavy atom. The van der Waals surface area contributed by atoms with Gasteiger partial charge in [0.2, 0.25) is 5.91 Å². The van der Waals surface area contributed by atoms with Crippen molar-refractivity contribution < 1.29 is 29.0 Å². The highest BCUT2D eigenvalue weighted by Crippen LogP contribution is 2.44. The molecule has 2 aromatic carbocycles. The van der Waals surface area contributed by atoms with Gasteiger partial charge in [-0.05, 0) is 41.0 Å². The molecule has 0 radical (unpaired) electrons. The number of nitrogens with one attached hydrogen (secondary N) is 2. The number of methoxy groups -OCH3 is 1. The zero-order chi connectivity index (χ0) is 24.8. The lowest BCUT2D eigenvalue weighted by Gasteiger charge is -2.22. The quantitative estimate of drug-likeness (QED) is 0.479. The SMILES string of the molecule is COCCC(NC(=O)C1CCCC1CNC(=O)OCC1c2ccccc2-c2ccccc21)C(=O)O. The van der Waals surface area contributed by atoms with Crippen molar-refractivity contribution in [1.29, 1.82) is 0 Å². The van der Waals surface area contributed by atoms with Crippen molar-refractivity contribution in [2.75, 3.05) is 26.9 Å². The van der Waals surface area contributed by atoms with Gasteiger partial charge in [-0.1, -0.05) is 55.0 Å². The third kappa shape index (κ3) is 5.65. The fraction of sp³-hybridized carbons (Fsp3) is 0.444. The number of carboxylic acids is 1. The molecule has 8 nitrogen and oxygen atoms in total. The monoisotopic (exact) mass is 480 g/mol. The molecule has 0 aliphatic heterocycles. The molecule has 0 bridgehead atoms. The molecule has 1 saturated carbocycles. The zero-order valence-electron chi connectivity index (χ0n) is 19.9. The van der Waals surface area contributed by atoms with Crippen LogP contribution in [0.5, 0.6) is 0 Å². The van der Waals surface area contributed by atoms with Crippen molar-refractivity contribution in [3.8, 4) is 11.1 Å². The van der Waals surface area contributed by atoms with E-state index >= 15 is 0 Å². The lowest BCUT2D eigenvalue weighted by Crippen LogP contribution is -2.46. The second kappa shape index (κ2) is 11.4. The molecule has 3 unspecified atom stereocenters. The lowest BCUT2D eigenvalue weighted by atomic mass is 9.94. The van der Waals surface area contributed by atoms with Crippen LogP contribution in [0.2, 0.25) is 0 Å². The first-order valence-electron chi connectivity index (χ1n) is 12.1. The average Bonchev–Trinajstić information content (AvgIpc) is 3.46. The van der Waals surface area contributed by atoms with Gasteiger partial charge < -0.3 is 25.2 Å². The number of carboxylic acid groups (broad SMARTS) is 1. The van der Waals surface area contributed by atoms with Crippen LogP contribution in [0.25, 0.3) is 11.1 Å². The summed E-state index contributed by atoms with van der Waals surface area (Å²) in [6.07, 6.45) is 2.00. The molecule has 186 valence electrons. The van der Waals surface area contributed by atoms with Crippen LogP contribution in [-0.2, 0) is 19.1 Å². The molecule has 2 aliphatic rings. The van der Waals surface area contributed by atoms with Crippen molar-refractivity contribution in [2.24, 2.45) is 11.8 Å². The summed E-state index contributed by atoms with van der Waals surface area (Å²) in [7, 11) is 1.49. The molecule has 1 fully saturated rings. The molecule has 2 aromatic rings. The van der Waals surface area contributed by atoms with Gasteiger partial charge in [-0.2, -0.15) is 0 Å². The fourth-order valence-electron chi connectivity index (χ4n) is 5.26. The van der Waals surface area contributed by atoms with Gasteiger partial charge in [-0.3, -0.25) is 4.79 Å². The summed E-state index contributed by atoms with van der Waals surface area (Å²) < 4.78 is 10.5. The lowest BCUT2D eigenvalue weighted by molar-refractivity contribution is -0.143. The van der Waals surface area contributed by atoms with E-state index in [9.17, 15) is 19.5 Å². The predicted octanol–water partition coefficient (Wildman–Crippen LogP) is 3.55. The Bertz CT molecular complexity index is 1030. The van der Waals surface area contributed by atoms with Gasteiger partial charge in [0.05, 0.1) is 0 Å². The number of rotatable bonds is 10. The van der Waals surface area contributed by atoms with E-state index in [1.165, 1.54) is 18.2 Å². The molecule has 3 N–H and O–H groups in total. The Hall–Kier alpha value is -3.39. The molecule has 2 amide bonds. The van der Waals surface area contributed by atoms with Gasteiger partial charge in [0, 0.05) is 38.5 Å². The van der Waals surface area contributed by atoms with Crippen molar-refractivity contribution in [1.82, 2.24) is 10.6 Å². The number of amides is 2. The highest BCUT2D eigenvalue weighted by atomic mass is 16.5. The Kier molecular flexibility index (Phi) is 8.02. The van der Waals surface area contributed by atoms with Gasteiger partial charge in [-0.15, -0.1) is 0 Å². The minimum atomic E-state index is -1.08. The topological polar surface area (TPSA) is 114 Å². The number of ether oxygens (including phenoxy) is 2. The molecular weight excluding hydrogens is 448 g/mol. The summed E-state index contributed by atoms with van der Waals surface area (Å²) in [5, 5.41) is 14.8. The minimum absolute atomic E-state index is 0.0155. The second-order valence-corrected chi connectivity index (χ2v) is 9.18. The molecule has 0 spiro atoms. The first-order chi connectivity index (χ1) is 17.0. The normalized spacial score (nSPS) is 19.5. The number of hydrogen-bond acceptors (Lipinski definition) is 5. The summed E-state index contributed by atoms with van der Waals surface area (Å²) in [6, 6.07) is 15.3. The van der Waals surface area contributed by atoms with Crippen LogP contribution in [0.4, 0.5) is 4.79 Å². The number of carbonyl (C=O) groups is 3. The molecular formula is C27H32N2O6. The van der Waals surface area contributed by atoms with Gasteiger partial charge in [0.1, 0.15) is 12.6 Å². The largest absolute Gasteiger partial charge is 0.480 e. The van der Waals surface area contributed by atoms with Crippen LogP contribution < -0.4 is 10.6 Å². The highest BCUT2D eigenvalue weighted by Gasteiger charge is 2.35. The molecule has 8 heteroatoms. The number of carbonyl (C=O) groups excluding carboxylic acids is 2. The standard InChI is InChI=1S/C27H32N2O6/c1-34-14-13-24(26(31)32)29-25(30)18-12-6-7-17(18)15-28-27(33)35-16-23-21-10-4-2-8-19(21)20-9-3-5-11-22(20)23/h2-5,8-11,17-18,23-24H,6-7,12-16H2,1H3,(H,28,33)(H,29,30)(H,31,32). The molecule has 2 aliphatic carbocycles. The summed E-state index contributed by atoms with van der Waals surface area (Å²) in [5.74, 6) is -1.79. The Labute approximate surface area is 205 Å². The Morgan fingerprint density at radius 2 is 1.69 bits per heavy atom. The van der Waals surface area contributed by atoms with Crippen LogP contribution >= 0.6 is 0 Å². The van der Waals surface area contributed by atoms with E-state index in [-0.39, 0.29) is 43.3 Å². The molecule has 0 heterocycles. The number of benzene rings is 2. The number of alkyl carbamates (subject to hydrolysis) is 1. The van der Waals surface area contributed by atoms with Crippen LogP contribution in [0.1, 0.15) is 42.7 Å². The van der Waals surface area contributed by atoms with Gasteiger partial charge >= 0.3 is 12.1 Å². The van der Waals surface area contributed by atoms with E-state index in [4.69, 9.17) is 9.47 Å². The third-order valence-electron chi connectivity index (χ3n) is 7.07. The molecule has 0 aromatic heterocycles. The number of fused-ring (bicyclic) bond motifs is 3. The summed E-state index contributed by atoms with van der Waals surface area (Å²) >= 11 is 0. The summed E-state index contributed by atoms with van der Waals surface area (Å²) in [5.41, 5.74) is 4.63. The summed E-state index contributed by atoms with van der Waals surface area (Å²) in [6.45, 7) is 0.785. The van der Waals surface area contributed by atoms with E-state index in [1.54, 1.807) is 0 Å². The van der Waals surface area contributed by atoms with Crippen LogP contribution in [0, 0.1) is 11.8 Å². The van der Waals surface area contributed by atoms with Crippen LogP contribution in [0.15, 0.2) is 48.5 Å². The fourth-order valence-corrected chi connectivity index (χ4v) is 5.26. The smallest absolute Gasteiger partial charge is 0.407 e. The van der Waals surface area contributed by atoms with Crippen molar-refractivity contribution in [2.45, 2.75) is 37.6 Å². The second-order valence-electron chi connectivity index (χ2n) is 9.18. The van der Waals surface area contributed by atoms with Crippen LogP contribution in [0.3, 0.4) is 0 Å². The molecule has 3 atom stereocenters. The molecule has 35 heavy (non-hydrogen) atoms. The van der Waals surface area contributed by atoms with E-state index in [2.05, 4.69) is 34.9 Å². The van der Waals surface area contributed by atoms with Gasteiger partial charge in [-0.25, -0.2) is 9.59 Å². The maximum atomic E-state index is 12.8. The van der Waals surface area contributed by atoms with Gasteiger partial charge in [0.25, 0.3) is 0 Å². The van der Waals surface area contributed by atoms with E-state index in [0.29, 0.717) is 13.0 Å². The maximum Gasteiger partial charge on any atom is 0.407 e. The third-order valence-corrected chi connectivity index (χ3v) is 7.07. The molecule has 0 saturated heterocycles. The van der Waals surface area contributed by atoms with Crippen molar-refractivity contribution in [3.63, 3.8) is 0 Å². The Morgan fingerprint density at radius 1 is 1.03 bits per heavy atom. The highest BCUT2D eigenvalue weighted by molar-refractivity contribution is 5.85. The van der Waals surface area contributed by atoms with E-state index in [1.807, 2.05) is 24.3 Å². The Balaban J connectivity index is 1.29. The molecule has 4 rings (SSSR count). The van der Waals surface area contributed by atoms with Crippen molar-refractivity contribution in [3.05, 3.63) is 59.7 Å². The minimum Gasteiger partial charge on any atom is -0.480 e. The maximum absolute atomic E-state index is 12.8. The zero-order valence-corrected chi connectivity index (χ0v) is 19.9. The average molecular weight is 481 g/mol. The number of hydrogen-bond donors (Lipinski definition) is 3. The first kappa shape index (κ1) is 24.7. The first-order valence-corrected chi connectivity index (χ1v) is 12.1. The van der Waals surface area contributed by atoms with Crippen molar-refractivity contribution >= 4 is 18.0 Å². The van der Waals surface area contributed by atoms with Crippen LogP contribution in [-0.4, -0.2) is 56.0 Å². The predicted molar refractivity (Wildman–Crippen MR) is 130 cm³/mol. The van der Waals surface area contributed by atoms with Gasteiger partial charge in [0.15, 0.2) is 0 Å². The van der Waals surface area contributed by atoms with E-state index < -0.39 is 18.1 Å². The van der Waals surface area contributed by atoms with E-state index in [0.717, 1.165) is 24.0 Å². The number of aliphatic carboxylic acids is 1. The summed E-state index contributed by atoms with van der Waals surface area (Å²) in [4.78, 5) is 36.7.